The third kappa shape index (κ3) is 3.51. The highest BCUT2D eigenvalue weighted by atomic mass is 16.2. The molecule has 0 bridgehead atoms. The van der Waals surface area contributed by atoms with Crippen LogP contribution < -0.4 is 16.0 Å². The Kier molecular flexibility index (Phi) is 5.01. The Morgan fingerprint density at radius 2 is 2.15 bits per heavy atom. The molecule has 20 heavy (non-hydrogen) atoms. The van der Waals surface area contributed by atoms with E-state index in [1.165, 1.54) is 5.69 Å². The average molecular weight is 275 g/mol. The Labute approximate surface area is 121 Å². The summed E-state index contributed by atoms with van der Waals surface area (Å²) in [5.74, 6) is 0.209. The van der Waals surface area contributed by atoms with Crippen molar-refractivity contribution in [2.75, 3.05) is 18.0 Å². The van der Waals surface area contributed by atoms with Gasteiger partial charge in [0, 0.05) is 24.8 Å². The predicted octanol–water partition coefficient (Wildman–Crippen LogP) is 1.75. The monoisotopic (exact) mass is 275 g/mol. The van der Waals surface area contributed by atoms with Crippen LogP contribution in [0.3, 0.4) is 0 Å². The third-order valence-corrected chi connectivity index (χ3v) is 4.22. The molecule has 0 saturated carbocycles. The molecule has 1 saturated heterocycles. The summed E-state index contributed by atoms with van der Waals surface area (Å²) in [4.78, 5) is 14.4. The van der Waals surface area contributed by atoms with E-state index in [1.54, 1.807) is 0 Å². The second-order valence-electron chi connectivity index (χ2n) is 5.69. The first-order valence-corrected chi connectivity index (χ1v) is 7.47. The van der Waals surface area contributed by atoms with Gasteiger partial charge in [0.15, 0.2) is 0 Å². The van der Waals surface area contributed by atoms with Crippen LogP contribution in [0.1, 0.15) is 26.7 Å². The fraction of sp³-hybridized carbons (Fsp3) is 0.562. The molecule has 1 heterocycles. The molecule has 1 amide bonds. The van der Waals surface area contributed by atoms with Gasteiger partial charge in [-0.05, 0) is 24.5 Å². The minimum absolute atomic E-state index is 0.0146. The van der Waals surface area contributed by atoms with Crippen LogP contribution in [0.5, 0.6) is 0 Å². The van der Waals surface area contributed by atoms with Crippen molar-refractivity contribution < 1.29 is 4.79 Å². The van der Waals surface area contributed by atoms with Gasteiger partial charge in [-0.1, -0.05) is 38.5 Å². The van der Waals surface area contributed by atoms with Gasteiger partial charge in [0.1, 0.15) is 0 Å². The zero-order valence-electron chi connectivity index (χ0n) is 12.4. The van der Waals surface area contributed by atoms with Gasteiger partial charge in [-0.2, -0.15) is 0 Å². The summed E-state index contributed by atoms with van der Waals surface area (Å²) in [5.41, 5.74) is 7.19. The van der Waals surface area contributed by atoms with Gasteiger partial charge in [0.05, 0.1) is 6.04 Å². The number of para-hydroxylation sites is 1. The maximum atomic E-state index is 12.1. The minimum Gasteiger partial charge on any atom is -0.369 e. The number of anilines is 1. The van der Waals surface area contributed by atoms with Crippen molar-refractivity contribution >= 4 is 11.6 Å². The lowest BCUT2D eigenvalue weighted by Gasteiger charge is -2.22. The van der Waals surface area contributed by atoms with Crippen LogP contribution in [0.15, 0.2) is 30.3 Å². The largest absolute Gasteiger partial charge is 0.369 e. The molecule has 4 heteroatoms. The standard InChI is InChI=1S/C16H25N3O/c1-3-12(2)15(17)16(20)18-13-9-10-19(11-13)14-7-5-4-6-8-14/h4-8,12-13,15H,3,9-11,17H2,1-2H3,(H,18,20). The number of nitrogens with two attached hydrogens (primary N) is 1. The average Bonchev–Trinajstić information content (AvgIpc) is 2.95. The van der Waals surface area contributed by atoms with Gasteiger partial charge in [-0.25, -0.2) is 0 Å². The van der Waals surface area contributed by atoms with Crippen molar-refractivity contribution in [2.45, 2.75) is 38.8 Å². The number of rotatable bonds is 5. The van der Waals surface area contributed by atoms with Gasteiger partial charge in [-0.15, -0.1) is 0 Å². The molecule has 4 nitrogen and oxygen atoms in total. The van der Waals surface area contributed by atoms with Gasteiger partial charge in [0.2, 0.25) is 5.91 Å². The lowest BCUT2D eigenvalue weighted by atomic mass is 9.99. The van der Waals surface area contributed by atoms with E-state index in [4.69, 9.17) is 5.73 Å². The Hall–Kier alpha value is -1.55. The van der Waals surface area contributed by atoms with Crippen LogP contribution in [0.4, 0.5) is 5.69 Å². The van der Waals surface area contributed by atoms with Gasteiger partial charge < -0.3 is 16.0 Å². The molecular weight excluding hydrogens is 250 g/mol. The smallest absolute Gasteiger partial charge is 0.237 e. The molecule has 110 valence electrons. The highest BCUT2D eigenvalue weighted by molar-refractivity contribution is 5.82. The van der Waals surface area contributed by atoms with Crippen LogP contribution >= 0.6 is 0 Å². The summed E-state index contributed by atoms with van der Waals surface area (Å²) >= 11 is 0. The second kappa shape index (κ2) is 6.75. The number of nitrogens with zero attached hydrogens (tertiary/aromatic N) is 1. The Morgan fingerprint density at radius 3 is 2.80 bits per heavy atom. The molecule has 1 aromatic rings. The lowest BCUT2D eigenvalue weighted by molar-refractivity contribution is -0.124. The zero-order chi connectivity index (χ0) is 14.5. The van der Waals surface area contributed by atoms with Crippen LogP contribution in [-0.4, -0.2) is 31.1 Å². The molecule has 0 aliphatic carbocycles. The first-order chi connectivity index (χ1) is 9.61. The quantitative estimate of drug-likeness (QED) is 0.861. The van der Waals surface area contributed by atoms with E-state index in [2.05, 4.69) is 29.3 Å². The molecule has 0 spiro atoms. The molecule has 0 aromatic heterocycles. The van der Waals surface area contributed by atoms with Crippen molar-refractivity contribution in [3.8, 4) is 0 Å². The highest BCUT2D eigenvalue weighted by Crippen LogP contribution is 2.19. The molecule has 2 rings (SSSR count). The minimum atomic E-state index is -0.397. The molecule has 3 unspecified atom stereocenters. The van der Waals surface area contributed by atoms with E-state index < -0.39 is 6.04 Å². The van der Waals surface area contributed by atoms with Gasteiger partial charge >= 0.3 is 0 Å². The summed E-state index contributed by atoms with van der Waals surface area (Å²) in [7, 11) is 0. The molecular formula is C16H25N3O. The normalized spacial score (nSPS) is 21.6. The molecule has 1 aliphatic rings. The SMILES string of the molecule is CCC(C)C(N)C(=O)NC1CCN(c2ccccc2)C1. The van der Waals surface area contributed by atoms with Crippen molar-refractivity contribution in [2.24, 2.45) is 11.7 Å². The van der Waals surface area contributed by atoms with Crippen molar-refractivity contribution in [3.63, 3.8) is 0 Å². The molecule has 0 radical (unpaired) electrons. The number of benzene rings is 1. The summed E-state index contributed by atoms with van der Waals surface area (Å²) in [6.07, 6.45) is 1.91. The summed E-state index contributed by atoms with van der Waals surface area (Å²) < 4.78 is 0. The van der Waals surface area contributed by atoms with Crippen molar-refractivity contribution in [3.05, 3.63) is 30.3 Å². The summed E-state index contributed by atoms with van der Waals surface area (Å²) in [6, 6.07) is 10.1. The predicted molar refractivity (Wildman–Crippen MR) is 82.6 cm³/mol. The third-order valence-electron chi connectivity index (χ3n) is 4.22. The van der Waals surface area contributed by atoms with E-state index in [-0.39, 0.29) is 17.9 Å². The number of amides is 1. The van der Waals surface area contributed by atoms with E-state index in [1.807, 2.05) is 25.1 Å². The lowest BCUT2D eigenvalue weighted by Crippen LogP contribution is -2.49. The molecule has 1 fully saturated rings. The van der Waals surface area contributed by atoms with E-state index >= 15 is 0 Å². The number of carbonyl (C=O) groups is 1. The van der Waals surface area contributed by atoms with Crippen molar-refractivity contribution in [1.82, 2.24) is 5.32 Å². The van der Waals surface area contributed by atoms with Crippen LogP contribution in [-0.2, 0) is 4.79 Å². The summed E-state index contributed by atoms with van der Waals surface area (Å²) in [5, 5.41) is 3.09. The van der Waals surface area contributed by atoms with E-state index in [9.17, 15) is 4.79 Å². The Balaban J connectivity index is 1.86. The zero-order valence-corrected chi connectivity index (χ0v) is 12.4. The van der Waals surface area contributed by atoms with Gasteiger partial charge in [-0.3, -0.25) is 4.79 Å². The first-order valence-electron chi connectivity index (χ1n) is 7.47. The van der Waals surface area contributed by atoms with Crippen molar-refractivity contribution in [1.29, 1.82) is 0 Å². The molecule has 1 aliphatic heterocycles. The Morgan fingerprint density at radius 1 is 1.45 bits per heavy atom. The van der Waals surface area contributed by atoms with Crippen LogP contribution in [0.2, 0.25) is 0 Å². The fourth-order valence-corrected chi connectivity index (χ4v) is 2.56. The van der Waals surface area contributed by atoms with E-state index in [0.717, 1.165) is 25.9 Å². The second-order valence-corrected chi connectivity index (χ2v) is 5.69. The Bertz CT molecular complexity index is 435. The number of hydrogen-bond acceptors (Lipinski definition) is 3. The number of carbonyl (C=O) groups excluding carboxylic acids is 1. The fourth-order valence-electron chi connectivity index (χ4n) is 2.56. The van der Waals surface area contributed by atoms with Gasteiger partial charge in [0.25, 0.3) is 0 Å². The van der Waals surface area contributed by atoms with Crippen LogP contribution in [0.25, 0.3) is 0 Å². The number of nitrogens with one attached hydrogen (secondary N) is 1. The first kappa shape index (κ1) is 14.9. The maximum absolute atomic E-state index is 12.1. The van der Waals surface area contributed by atoms with E-state index in [0.29, 0.717) is 0 Å². The van der Waals surface area contributed by atoms with Crippen LogP contribution in [0, 0.1) is 5.92 Å². The summed E-state index contributed by atoms with van der Waals surface area (Å²) in [6.45, 7) is 5.93. The highest BCUT2D eigenvalue weighted by Gasteiger charge is 2.27. The molecule has 3 N–H and O–H groups in total. The molecule has 1 aromatic carbocycles. The molecule has 3 atom stereocenters. The number of hydrogen-bond donors (Lipinski definition) is 2. The maximum Gasteiger partial charge on any atom is 0.237 e. The topological polar surface area (TPSA) is 58.4 Å².